The molecule has 0 bridgehead atoms. The van der Waals surface area contributed by atoms with Gasteiger partial charge in [0, 0.05) is 6.07 Å². The lowest BCUT2D eigenvalue weighted by atomic mass is 10.3. The van der Waals surface area contributed by atoms with Crippen LogP contribution in [0, 0.1) is 0 Å². The smallest absolute Gasteiger partial charge is 0.155 e. The van der Waals surface area contributed by atoms with E-state index in [1.807, 2.05) is 6.07 Å². The first-order valence-electron chi connectivity index (χ1n) is 3.59. The molecule has 0 saturated heterocycles. The normalized spacial score (nSPS) is 10.4. The van der Waals surface area contributed by atoms with Crippen molar-refractivity contribution in [3.63, 3.8) is 0 Å². The minimum absolute atomic E-state index is 0.355. The summed E-state index contributed by atoms with van der Waals surface area (Å²) in [5.74, 6) is 1.35. The number of hydrogen-bond acceptors (Lipinski definition) is 4. The second-order valence-electron chi connectivity index (χ2n) is 2.36. The van der Waals surface area contributed by atoms with Crippen molar-refractivity contribution in [2.75, 3.05) is 0 Å². The summed E-state index contributed by atoms with van der Waals surface area (Å²) in [5, 5.41) is 3.78. The van der Waals surface area contributed by atoms with E-state index in [-0.39, 0.29) is 0 Å². The zero-order chi connectivity index (χ0) is 8.39. The molecular weight excluding hydrogens is 156 g/mol. The molecule has 2 aromatic rings. The van der Waals surface area contributed by atoms with Crippen LogP contribution in [0.5, 0.6) is 0 Å². The Bertz CT molecular complexity index is 351. The molecule has 0 atom stereocenters. The van der Waals surface area contributed by atoms with Crippen LogP contribution in [0.3, 0.4) is 0 Å². The van der Waals surface area contributed by atoms with Crippen molar-refractivity contribution in [2.45, 2.75) is 6.54 Å². The number of nitrogens with two attached hydrogens (primary N) is 1. The summed E-state index contributed by atoms with van der Waals surface area (Å²) >= 11 is 0. The van der Waals surface area contributed by atoms with Crippen LogP contribution in [0.15, 0.2) is 33.4 Å². The van der Waals surface area contributed by atoms with E-state index in [2.05, 4.69) is 5.16 Å². The van der Waals surface area contributed by atoms with Crippen molar-refractivity contribution < 1.29 is 8.94 Å². The zero-order valence-corrected chi connectivity index (χ0v) is 6.36. The minimum Gasteiger partial charge on any atom is -0.463 e. The van der Waals surface area contributed by atoms with E-state index in [0.717, 1.165) is 0 Å². The lowest BCUT2D eigenvalue weighted by molar-refractivity contribution is 0.385. The van der Waals surface area contributed by atoms with Gasteiger partial charge in [0.05, 0.1) is 12.8 Å². The Morgan fingerprint density at radius 2 is 2.42 bits per heavy atom. The Balaban J connectivity index is 2.35. The average molecular weight is 164 g/mol. The molecule has 4 heteroatoms. The molecule has 0 aliphatic carbocycles. The minimum atomic E-state index is 0.355. The number of nitrogens with zero attached hydrogens (tertiary/aromatic N) is 1. The van der Waals surface area contributed by atoms with Crippen LogP contribution >= 0.6 is 0 Å². The van der Waals surface area contributed by atoms with Crippen LogP contribution < -0.4 is 5.73 Å². The van der Waals surface area contributed by atoms with Crippen LogP contribution in [0.25, 0.3) is 11.5 Å². The van der Waals surface area contributed by atoms with Crippen LogP contribution in [-0.4, -0.2) is 5.16 Å². The highest BCUT2D eigenvalue weighted by Gasteiger charge is 2.06. The molecule has 2 heterocycles. The van der Waals surface area contributed by atoms with Crippen molar-refractivity contribution in [2.24, 2.45) is 5.73 Å². The summed E-state index contributed by atoms with van der Waals surface area (Å²) in [4.78, 5) is 0. The lowest BCUT2D eigenvalue weighted by Crippen LogP contribution is -1.92. The van der Waals surface area contributed by atoms with E-state index in [1.165, 1.54) is 0 Å². The number of hydrogen-bond donors (Lipinski definition) is 1. The first kappa shape index (κ1) is 7.12. The van der Waals surface area contributed by atoms with Gasteiger partial charge in [-0.3, -0.25) is 0 Å². The summed E-state index contributed by atoms with van der Waals surface area (Å²) in [6.45, 7) is 0.355. The highest BCUT2D eigenvalue weighted by atomic mass is 16.5. The van der Waals surface area contributed by atoms with Crippen molar-refractivity contribution in [1.29, 1.82) is 0 Å². The fourth-order valence-corrected chi connectivity index (χ4v) is 0.950. The van der Waals surface area contributed by atoms with Gasteiger partial charge in [-0.05, 0) is 12.1 Å². The quantitative estimate of drug-likeness (QED) is 0.728. The van der Waals surface area contributed by atoms with Gasteiger partial charge >= 0.3 is 0 Å². The highest BCUT2D eigenvalue weighted by Crippen LogP contribution is 2.18. The molecule has 0 aromatic carbocycles. The van der Waals surface area contributed by atoms with Gasteiger partial charge in [-0.15, -0.1) is 0 Å². The molecule has 0 fully saturated rings. The Hall–Kier alpha value is -1.55. The summed E-state index contributed by atoms with van der Waals surface area (Å²) in [7, 11) is 0. The Labute approximate surface area is 69.0 Å². The van der Waals surface area contributed by atoms with E-state index in [0.29, 0.717) is 23.8 Å². The lowest BCUT2D eigenvalue weighted by Gasteiger charge is -1.82. The van der Waals surface area contributed by atoms with Crippen LogP contribution in [0.1, 0.15) is 5.76 Å². The second-order valence-corrected chi connectivity index (χ2v) is 2.36. The van der Waals surface area contributed by atoms with Crippen LogP contribution in [-0.2, 0) is 6.54 Å². The van der Waals surface area contributed by atoms with Crippen LogP contribution in [0.4, 0.5) is 0 Å². The largest absolute Gasteiger partial charge is 0.463 e. The van der Waals surface area contributed by atoms with Crippen molar-refractivity contribution in [3.8, 4) is 11.5 Å². The summed E-state index contributed by atoms with van der Waals surface area (Å²) < 4.78 is 10.0. The summed E-state index contributed by atoms with van der Waals surface area (Å²) in [5.41, 5.74) is 6.03. The first-order valence-corrected chi connectivity index (χ1v) is 3.59. The van der Waals surface area contributed by atoms with Gasteiger partial charge in [0.1, 0.15) is 5.69 Å². The van der Waals surface area contributed by atoms with Gasteiger partial charge in [0.2, 0.25) is 0 Å². The summed E-state index contributed by atoms with van der Waals surface area (Å²) in [6.07, 6.45) is 1.59. The van der Waals surface area contributed by atoms with Gasteiger partial charge < -0.3 is 14.7 Å². The average Bonchev–Trinajstić information content (AvgIpc) is 2.75. The number of rotatable bonds is 2. The molecule has 0 radical (unpaired) electrons. The van der Waals surface area contributed by atoms with E-state index in [1.54, 1.807) is 18.4 Å². The van der Waals surface area contributed by atoms with Crippen molar-refractivity contribution in [3.05, 3.63) is 30.2 Å². The molecule has 62 valence electrons. The molecule has 0 saturated carbocycles. The molecule has 0 amide bonds. The van der Waals surface area contributed by atoms with E-state index in [9.17, 15) is 0 Å². The monoisotopic (exact) mass is 164 g/mol. The highest BCUT2D eigenvalue weighted by molar-refractivity contribution is 5.50. The standard InChI is InChI=1S/C8H8N2O2/c9-5-6-4-7(10-12-6)8-2-1-3-11-8/h1-4H,5,9H2. The molecule has 0 aliphatic rings. The topological polar surface area (TPSA) is 65.2 Å². The predicted molar refractivity (Wildman–Crippen MR) is 42.1 cm³/mol. The molecule has 2 aromatic heterocycles. The van der Waals surface area contributed by atoms with Gasteiger partial charge in [-0.1, -0.05) is 5.16 Å². The molecule has 2 rings (SSSR count). The van der Waals surface area contributed by atoms with Crippen LogP contribution in [0.2, 0.25) is 0 Å². The maximum absolute atomic E-state index is 5.35. The molecule has 12 heavy (non-hydrogen) atoms. The zero-order valence-electron chi connectivity index (χ0n) is 6.36. The molecule has 4 nitrogen and oxygen atoms in total. The van der Waals surface area contributed by atoms with Gasteiger partial charge in [0.25, 0.3) is 0 Å². The fourth-order valence-electron chi connectivity index (χ4n) is 0.950. The molecular formula is C8H8N2O2. The number of aromatic nitrogens is 1. The third kappa shape index (κ3) is 1.12. The molecule has 2 N–H and O–H groups in total. The Morgan fingerprint density at radius 3 is 3.00 bits per heavy atom. The third-order valence-corrected chi connectivity index (χ3v) is 1.53. The van der Waals surface area contributed by atoms with E-state index >= 15 is 0 Å². The maximum Gasteiger partial charge on any atom is 0.155 e. The van der Waals surface area contributed by atoms with Gasteiger partial charge in [-0.2, -0.15) is 0 Å². The molecule has 0 unspecified atom stereocenters. The number of furan rings is 1. The Morgan fingerprint density at radius 1 is 1.50 bits per heavy atom. The predicted octanol–water partition coefficient (Wildman–Crippen LogP) is 1.39. The van der Waals surface area contributed by atoms with Crippen molar-refractivity contribution in [1.82, 2.24) is 5.16 Å². The first-order chi connectivity index (χ1) is 5.90. The third-order valence-electron chi connectivity index (χ3n) is 1.53. The Kier molecular flexibility index (Phi) is 1.68. The van der Waals surface area contributed by atoms with Gasteiger partial charge in [0.15, 0.2) is 11.5 Å². The molecule has 0 aliphatic heterocycles. The fraction of sp³-hybridized carbons (Fsp3) is 0.125. The van der Waals surface area contributed by atoms with E-state index < -0.39 is 0 Å². The second kappa shape index (κ2) is 2.83. The maximum atomic E-state index is 5.35. The summed E-state index contributed by atoms with van der Waals surface area (Å²) in [6, 6.07) is 5.38. The SMILES string of the molecule is NCc1cc(-c2ccco2)no1. The van der Waals surface area contributed by atoms with E-state index in [4.69, 9.17) is 14.7 Å². The van der Waals surface area contributed by atoms with Gasteiger partial charge in [-0.25, -0.2) is 0 Å². The van der Waals surface area contributed by atoms with Crippen molar-refractivity contribution >= 4 is 0 Å². The molecule has 0 spiro atoms.